The Morgan fingerprint density at radius 3 is 2.95 bits per heavy atom. The maximum atomic E-state index is 10.0. The number of hydrogen-bond donors (Lipinski definition) is 1. The second-order valence-corrected chi connectivity index (χ2v) is 5.32. The van der Waals surface area contributed by atoms with Crippen molar-refractivity contribution in [3.8, 4) is 5.75 Å². The van der Waals surface area contributed by atoms with Crippen molar-refractivity contribution in [3.63, 3.8) is 0 Å². The molecule has 0 atom stereocenters. The van der Waals surface area contributed by atoms with Crippen LogP contribution in [0.5, 0.6) is 5.75 Å². The Labute approximate surface area is 116 Å². The van der Waals surface area contributed by atoms with E-state index in [1.54, 1.807) is 24.9 Å². The van der Waals surface area contributed by atoms with Crippen LogP contribution in [-0.4, -0.2) is 19.5 Å². The fourth-order valence-corrected chi connectivity index (χ4v) is 3.28. The Bertz CT molecular complexity index is 658. The quantitative estimate of drug-likeness (QED) is 0.723. The standard InChI is InChI=1S/C14H12BNO2S/c1-18-15-16-11-6-7-12(17)14-10(11)8-9-4-2-3-5-13(9)19-14/h2-7,17H,8H2,1H3. The molecule has 0 saturated heterocycles. The molecule has 2 aromatic carbocycles. The summed E-state index contributed by atoms with van der Waals surface area (Å²) >= 11 is 1.59. The zero-order valence-corrected chi connectivity index (χ0v) is 11.3. The van der Waals surface area contributed by atoms with Crippen molar-refractivity contribution in [3.05, 3.63) is 47.5 Å². The van der Waals surface area contributed by atoms with E-state index in [9.17, 15) is 5.11 Å². The van der Waals surface area contributed by atoms with Crippen molar-refractivity contribution in [1.29, 1.82) is 0 Å². The summed E-state index contributed by atoms with van der Waals surface area (Å²) in [7, 11) is 2.98. The van der Waals surface area contributed by atoms with Gasteiger partial charge in [-0.05, 0) is 0 Å². The topological polar surface area (TPSA) is 41.8 Å². The zero-order chi connectivity index (χ0) is 13.2. The van der Waals surface area contributed by atoms with Crippen LogP contribution >= 0.6 is 11.8 Å². The third-order valence-electron chi connectivity index (χ3n) is 3.06. The normalized spacial score (nSPS) is 12.7. The fourth-order valence-electron chi connectivity index (χ4n) is 2.17. The van der Waals surface area contributed by atoms with E-state index < -0.39 is 0 Å². The molecule has 5 heteroatoms. The number of benzene rings is 2. The first-order valence-corrected chi connectivity index (χ1v) is 6.77. The van der Waals surface area contributed by atoms with E-state index >= 15 is 0 Å². The van der Waals surface area contributed by atoms with Gasteiger partial charge in [-0.25, -0.2) is 0 Å². The van der Waals surface area contributed by atoms with Crippen molar-refractivity contribution in [2.45, 2.75) is 16.2 Å². The van der Waals surface area contributed by atoms with Crippen LogP contribution < -0.4 is 0 Å². The molecular formula is C14H12BNO2S. The van der Waals surface area contributed by atoms with E-state index in [-0.39, 0.29) is 0 Å². The van der Waals surface area contributed by atoms with Crippen LogP contribution in [0.25, 0.3) is 0 Å². The van der Waals surface area contributed by atoms with Crippen molar-refractivity contribution in [2.24, 2.45) is 4.90 Å². The molecule has 0 unspecified atom stereocenters. The SMILES string of the molecule is COB=Nc1ccc(O)c2c1Cc1ccccc1S2. The summed E-state index contributed by atoms with van der Waals surface area (Å²) < 4.78 is 4.88. The zero-order valence-electron chi connectivity index (χ0n) is 10.5. The Morgan fingerprint density at radius 2 is 2.11 bits per heavy atom. The van der Waals surface area contributed by atoms with Gasteiger partial charge in [0.25, 0.3) is 0 Å². The summed E-state index contributed by atoms with van der Waals surface area (Å²) in [5.41, 5.74) is 3.16. The maximum absolute atomic E-state index is 10.0. The van der Waals surface area contributed by atoms with Crippen molar-refractivity contribution >= 4 is 24.7 Å². The fraction of sp³-hybridized carbons (Fsp3) is 0.143. The monoisotopic (exact) mass is 269 g/mol. The van der Waals surface area contributed by atoms with E-state index in [1.165, 1.54) is 17.7 Å². The van der Waals surface area contributed by atoms with Crippen molar-refractivity contribution in [1.82, 2.24) is 0 Å². The molecule has 0 fully saturated rings. The van der Waals surface area contributed by atoms with E-state index in [4.69, 9.17) is 4.65 Å². The predicted octanol–water partition coefficient (Wildman–Crippen LogP) is 3.53. The minimum absolute atomic E-state index is 0.311. The minimum atomic E-state index is 0.311. The van der Waals surface area contributed by atoms with Gasteiger partial charge in [-0.1, -0.05) is 0 Å². The Hall–Kier alpha value is -1.75. The van der Waals surface area contributed by atoms with Crippen LogP contribution in [0.1, 0.15) is 11.1 Å². The Balaban J connectivity index is 2.10. The number of phenols is 1. The molecule has 0 aromatic heterocycles. The van der Waals surface area contributed by atoms with Gasteiger partial charge >= 0.3 is 116 Å². The van der Waals surface area contributed by atoms with Gasteiger partial charge in [-0.15, -0.1) is 0 Å². The van der Waals surface area contributed by atoms with Crippen LogP contribution in [0.3, 0.4) is 0 Å². The van der Waals surface area contributed by atoms with Crippen molar-refractivity contribution in [2.75, 3.05) is 7.11 Å². The summed E-state index contributed by atoms with van der Waals surface area (Å²) in [4.78, 5) is 6.37. The molecule has 1 aliphatic heterocycles. The van der Waals surface area contributed by atoms with Crippen LogP contribution in [0.15, 0.2) is 51.1 Å². The molecule has 0 amide bonds. The first-order chi connectivity index (χ1) is 9.29. The number of aromatic hydroxyl groups is 1. The molecule has 2 aromatic rings. The number of fused-ring (bicyclic) bond motifs is 2. The van der Waals surface area contributed by atoms with Gasteiger partial charge in [0.2, 0.25) is 0 Å². The molecule has 3 nitrogen and oxygen atoms in total. The molecule has 0 spiro atoms. The summed E-state index contributed by atoms with van der Waals surface area (Å²) in [6.45, 7) is 0. The van der Waals surface area contributed by atoms with Crippen LogP contribution in [0.4, 0.5) is 5.69 Å². The first kappa shape index (κ1) is 12.3. The number of phenolic OH excluding ortho intramolecular Hbond substituents is 1. The third kappa shape index (κ3) is 2.26. The van der Waals surface area contributed by atoms with Gasteiger partial charge in [-0.2, -0.15) is 0 Å². The molecule has 19 heavy (non-hydrogen) atoms. The van der Waals surface area contributed by atoms with Gasteiger partial charge in [0.15, 0.2) is 0 Å². The third-order valence-corrected chi connectivity index (χ3v) is 4.34. The molecule has 1 heterocycles. The molecule has 0 aliphatic carbocycles. The average molecular weight is 269 g/mol. The average Bonchev–Trinajstić information content (AvgIpc) is 2.45. The van der Waals surface area contributed by atoms with E-state index in [0.29, 0.717) is 5.75 Å². The molecule has 1 aliphatic rings. The van der Waals surface area contributed by atoms with E-state index in [2.05, 4.69) is 17.0 Å². The molecule has 0 radical (unpaired) electrons. The first-order valence-electron chi connectivity index (χ1n) is 5.95. The second kappa shape index (κ2) is 5.09. The molecule has 0 bridgehead atoms. The van der Waals surface area contributed by atoms with Gasteiger partial charge < -0.3 is 0 Å². The molecular weight excluding hydrogens is 257 g/mol. The van der Waals surface area contributed by atoms with Gasteiger partial charge in [0, 0.05) is 0 Å². The Morgan fingerprint density at radius 1 is 1.26 bits per heavy atom. The van der Waals surface area contributed by atoms with E-state index in [1.807, 2.05) is 18.2 Å². The van der Waals surface area contributed by atoms with Crippen LogP contribution in [0, 0.1) is 0 Å². The summed E-state index contributed by atoms with van der Waals surface area (Å²) in [5.74, 6) is 0.311. The molecule has 94 valence electrons. The Kier molecular flexibility index (Phi) is 3.30. The van der Waals surface area contributed by atoms with E-state index in [0.717, 1.165) is 22.6 Å². The van der Waals surface area contributed by atoms with Gasteiger partial charge in [0.05, 0.1) is 0 Å². The number of rotatable bonds is 2. The molecule has 0 saturated carbocycles. The predicted molar refractivity (Wildman–Crippen MR) is 76.3 cm³/mol. The summed E-state index contributed by atoms with van der Waals surface area (Å²) in [6, 6.07) is 11.7. The van der Waals surface area contributed by atoms with Gasteiger partial charge in [0.1, 0.15) is 0 Å². The van der Waals surface area contributed by atoms with Crippen LogP contribution in [0.2, 0.25) is 0 Å². The molecule has 1 N–H and O–H groups in total. The second-order valence-electron chi connectivity index (χ2n) is 4.27. The molecule has 3 rings (SSSR count). The van der Waals surface area contributed by atoms with Crippen LogP contribution in [-0.2, 0) is 11.1 Å². The van der Waals surface area contributed by atoms with Crippen molar-refractivity contribution < 1.29 is 9.76 Å². The number of hydrogen-bond acceptors (Lipinski definition) is 4. The summed E-state index contributed by atoms with van der Waals surface area (Å²) in [6.07, 6.45) is 0.781. The summed E-state index contributed by atoms with van der Waals surface area (Å²) in [5, 5.41) is 10.0. The van der Waals surface area contributed by atoms with Gasteiger partial charge in [-0.3, -0.25) is 0 Å². The number of nitrogens with zero attached hydrogens (tertiary/aromatic N) is 1.